The number of pyridine rings is 1. The summed E-state index contributed by atoms with van der Waals surface area (Å²) in [6.07, 6.45) is 0.778. The molecular formula is C19H23F2NO. The van der Waals surface area contributed by atoms with Gasteiger partial charge in [0.05, 0.1) is 12.1 Å². The van der Waals surface area contributed by atoms with Crippen LogP contribution in [0.15, 0.2) is 24.3 Å². The first-order valence-corrected chi connectivity index (χ1v) is 8.33. The number of hydrogen-bond donors (Lipinski definition) is 0. The number of hydrogen-bond acceptors (Lipinski definition) is 2. The van der Waals surface area contributed by atoms with Gasteiger partial charge in [0.15, 0.2) is 0 Å². The van der Waals surface area contributed by atoms with Crippen LogP contribution < -0.4 is 4.74 Å². The Bertz CT molecular complexity index is 704. The second-order valence-electron chi connectivity index (χ2n) is 6.81. The van der Waals surface area contributed by atoms with Crippen LogP contribution in [0.3, 0.4) is 0 Å². The van der Waals surface area contributed by atoms with Crippen LogP contribution >= 0.6 is 0 Å². The summed E-state index contributed by atoms with van der Waals surface area (Å²) in [7, 11) is 0. The first-order valence-electron chi connectivity index (χ1n) is 8.33. The van der Waals surface area contributed by atoms with Gasteiger partial charge in [-0.15, -0.1) is 0 Å². The summed E-state index contributed by atoms with van der Waals surface area (Å²) in [6, 6.07) is 8.04. The van der Waals surface area contributed by atoms with E-state index in [0.29, 0.717) is 12.5 Å². The van der Waals surface area contributed by atoms with Crippen molar-refractivity contribution in [2.45, 2.75) is 51.9 Å². The molecule has 0 atom stereocenters. The standard InChI is InChI=1S/C19H23F2NO/c1-4-14-6-5-7-15-17(8-16(12(2)3)22-18(14)15)23-11-13-9-19(20,21)10-13/h5-8,12-13H,4,9-11H2,1-3H3. The first-order chi connectivity index (χ1) is 10.9. The maximum atomic E-state index is 13.0. The number of alkyl halides is 2. The van der Waals surface area contributed by atoms with Gasteiger partial charge in [-0.1, -0.05) is 32.9 Å². The zero-order valence-corrected chi connectivity index (χ0v) is 13.9. The predicted molar refractivity (Wildman–Crippen MR) is 88.4 cm³/mol. The molecule has 1 aliphatic carbocycles. The third kappa shape index (κ3) is 3.31. The molecule has 3 rings (SSSR count). The van der Waals surface area contributed by atoms with Gasteiger partial charge in [-0.25, -0.2) is 8.78 Å². The number of halogens is 2. The molecule has 2 nitrogen and oxygen atoms in total. The van der Waals surface area contributed by atoms with Crippen LogP contribution in [0.25, 0.3) is 10.9 Å². The Morgan fingerprint density at radius 2 is 2.04 bits per heavy atom. The molecule has 0 aliphatic heterocycles. The van der Waals surface area contributed by atoms with Gasteiger partial charge in [-0.3, -0.25) is 4.98 Å². The van der Waals surface area contributed by atoms with E-state index in [1.165, 1.54) is 5.56 Å². The van der Waals surface area contributed by atoms with Crippen LogP contribution in [0.4, 0.5) is 8.78 Å². The summed E-state index contributed by atoms with van der Waals surface area (Å²) in [5.41, 5.74) is 3.13. The van der Waals surface area contributed by atoms with Crippen LogP contribution in [0.2, 0.25) is 0 Å². The van der Waals surface area contributed by atoms with E-state index in [2.05, 4.69) is 26.8 Å². The van der Waals surface area contributed by atoms with Crippen molar-refractivity contribution >= 4 is 10.9 Å². The molecule has 1 aromatic carbocycles. The number of nitrogens with zero attached hydrogens (tertiary/aromatic N) is 1. The minimum absolute atomic E-state index is 0.0509. The Labute approximate surface area is 135 Å². The zero-order chi connectivity index (χ0) is 16.6. The lowest BCUT2D eigenvalue weighted by Crippen LogP contribution is -2.38. The predicted octanol–water partition coefficient (Wildman–Crippen LogP) is 5.34. The highest BCUT2D eigenvalue weighted by atomic mass is 19.3. The summed E-state index contributed by atoms with van der Waals surface area (Å²) >= 11 is 0. The number of aryl methyl sites for hydroxylation is 1. The molecule has 1 heterocycles. The van der Waals surface area contributed by atoms with Gasteiger partial charge in [0.25, 0.3) is 0 Å². The Kier molecular flexibility index (Phi) is 4.26. The fraction of sp³-hybridized carbons (Fsp3) is 0.526. The SMILES string of the molecule is CCc1cccc2c(OCC3CC(F)(F)C3)cc(C(C)C)nc12. The highest BCUT2D eigenvalue weighted by molar-refractivity contribution is 5.88. The molecule has 1 saturated carbocycles. The van der Waals surface area contributed by atoms with E-state index in [9.17, 15) is 8.78 Å². The van der Waals surface area contributed by atoms with Crippen molar-refractivity contribution in [2.75, 3.05) is 6.61 Å². The van der Waals surface area contributed by atoms with Crippen molar-refractivity contribution in [3.8, 4) is 5.75 Å². The summed E-state index contributed by atoms with van der Waals surface area (Å²) in [5.74, 6) is -1.48. The summed E-state index contributed by atoms with van der Waals surface area (Å²) in [4.78, 5) is 4.79. The third-order valence-corrected chi connectivity index (χ3v) is 4.53. The molecule has 23 heavy (non-hydrogen) atoms. The van der Waals surface area contributed by atoms with Crippen molar-refractivity contribution in [3.05, 3.63) is 35.5 Å². The van der Waals surface area contributed by atoms with E-state index in [0.717, 1.165) is 28.8 Å². The molecule has 0 bridgehead atoms. The quantitative estimate of drug-likeness (QED) is 0.741. The van der Waals surface area contributed by atoms with Crippen LogP contribution in [0.1, 0.15) is 50.8 Å². The molecule has 1 fully saturated rings. The van der Waals surface area contributed by atoms with Gasteiger partial charge < -0.3 is 4.74 Å². The molecule has 0 amide bonds. The molecule has 2 aromatic rings. The Hall–Kier alpha value is -1.71. The van der Waals surface area contributed by atoms with E-state index in [1.807, 2.05) is 18.2 Å². The Morgan fingerprint density at radius 3 is 2.65 bits per heavy atom. The van der Waals surface area contributed by atoms with Gasteiger partial charge >= 0.3 is 0 Å². The lowest BCUT2D eigenvalue weighted by Gasteiger charge is -2.34. The number of aromatic nitrogens is 1. The van der Waals surface area contributed by atoms with Crippen molar-refractivity contribution in [1.82, 2.24) is 4.98 Å². The lowest BCUT2D eigenvalue weighted by molar-refractivity contribution is -0.118. The maximum absolute atomic E-state index is 13.0. The first kappa shape index (κ1) is 16.2. The van der Waals surface area contributed by atoms with Crippen LogP contribution in [0, 0.1) is 5.92 Å². The smallest absolute Gasteiger partial charge is 0.248 e. The Balaban J connectivity index is 1.91. The number of fused-ring (bicyclic) bond motifs is 1. The van der Waals surface area contributed by atoms with Crippen LogP contribution in [0.5, 0.6) is 5.75 Å². The number of para-hydroxylation sites is 1. The molecule has 0 radical (unpaired) electrons. The minimum Gasteiger partial charge on any atom is -0.493 e. The number of rotatable bonds is 5. The van der Waals surface area contributed by atoms with E-state index < -0.39 is 5.92 Å². The summed E-state index contributed by atoms with van der Waals surface area (Å²) in [5, 5.41) is 0.972. The average molecular weight is 319 g/mol. The molecular weight excluding hydrogens is 296 g/mol. The van der Waals surface area contributed by atoms with E-state index in [-0.39, 0.29) is 18.8 Å². The fourth-order valence-electron chi connectivity index (χ4n) is 3.11. The molecule has 0 spiro atoms. The third-order valence-electron chi connectivity index (χ3n) is 4.53. The van der Waals surface area contributed by atoms with Gasteiger partial charge in [0.2, 0.25) is 5.92 Å². The van der Waals surface area contributed by atoms with E-state index in [1.54, 1.807) is 0 Å². The van der Waals surface area contributed by atoms with Crippen molar-refractivity contribution in [1.29, 1.82) is 0 Å². The highest BCUT2D eigenvalue weighted by Crippen LogP contribution is 2.42. The molecule has 1 aromatic heterocycles. The van der Waals surface area contributed by atoms with Crippen LogP contribution in [-0.4, -0.2) is 17.5 Å². The summed E-state index contributed by atoms with van der Waals surface area (Å²) in [6.45, 7) is 6.65. The second-order valence-corrected chi connectivity index (χ2v) is 6.81. The largest absolute Gasteiger partial charge is 0.493 e. The topological polar surface area (TPSA) is 22.1 Å². The minimum atomic E-state index is -2.49. The van der Waals surface area contributed by atoms with Gasteiger partial charge in [-0.05, 0) is 24.0 Å². The zero-order valence-electron chi connectivity index (χ0n) is 13.9. The molecule has 4 heteroatoms. The number of benzene rings is 1. The molecule has 124 valence electrons. The van der Waals surface area contributed by atoms with Crippen molar-refractivity contribution in [2.24, 2.45) is 5.92 Å². The molecule has 0 saturated heterocycles. The van der Waals surface area contributed by atoms with E-state index in [4.69, 9.17) is 9.72 Å². The average Bonchev–Trinajstić information content (AvgIpc) is 2.49. The van der Waals surface area contributed by atoms with Crippen LogP contribution in [-0.2, 0) is 6.42 Å². The summed E-state index contributed by atoms with van der Waals surface area (Å²) < 4.78 is 31.9. The Morgan fingerprint density at radius 1 is 1.30 bits per heavy atom. The number of ether oxygens (including phenoxy) is 1. The lowest BCUT2D eigenvalue weighted by atomic mass is 9.82. The van der Waals surface area contributed by atoms with Crippen molar-refractivity contribution < 1.29 is 13.5 Å². The highest BCUT2D eigenvalue weighted by Gasteiger charge is 2.45. The molecule has 0 unspecified atom stereocenters. The van der Waals surface area contributed by atoms with E-state index >= 15 is 0 Å². The van der Waals surface area contributed by atoms with Gasteiger partial charge in [0, 0.05) is 35.9 Å². The monoisotopic (exact) mass is 319 g/mol. The van der Waals surface area contributed by atoms with Crippen molar-refractivity contribution in [3.63, 3.8) is 0 Å². The van der Waals surface area contributed by atoms with Gasteiger partial charge in [-0.2, -0.15) is 0 Å². The maximum Gasteiger partial charge on any atom is 0.248 e. The van der Waals surface area contributed by atoms with Gasteiger partial charge in [0.1, 0.15) is 5.75 Å². The fourth-order valence-corrected chi connectivity index (χ4v) is 3.11. The normalized spacial score (nSPS) is 17.5. The second kappa shape index (κ2) is 6.06. The molecule has 0 N–H and O–H groups in total. The molecule has 1 aliphatic rings.